The van der Waals surface area contributed by atoms with Crippen molar-refractivity contribution < 1.29 is 16.8 Å². The first-order valence-corrected chi connectivity index (χ1v) is 7.43. The number of sulfone groups is 1. The lowest BCUT2D eigenvalue weighted by Crippen LogP contribution is -2.12. The average Bonchev–Trinajstić information content (AvgIpc) is 2.27. The summed E-state index contributed by atoms with van der Waals surface area (Å²) in [6.07, 6.45) is 2.22. The quantitative estimate of drug-likeness (QED) is 0.712. The maximum atomic E-state index is 11.0. The first-order chi connectivity index (χ1) is 6.59. The van der Waals surface area contributed by atoms with Gasteiger partial charge in [0.25, 0.3) is 10.0 Å². The van der Waals surface area contributed by atoms with Crippen LogP contribution in [-0.2, 0) is 32.7 Å². The molecule has 0 bridgehead atoms. The largest absolute Gasteiger partial charge is 0.336 e. The van der Waals surface area contributed by atoms with Gasteiger partial charge in [0.05, 0.1) is 0 Å². The third kappa shape index (κ3) is 3.29. The Morgan fingerprint density at radius 2 is 1.93 bits per heavy atom. The van der Waals surface area contributed by atoms with Crippen LogP contribution in [0.15, 0.2) is 11.2 Å². The van der Waals surface area contributed by atoms with E-state index in [4.69, 9.17) is 5.14 Å². The Balaban J connectivity index is 3.19. The second-order valence-electron chi connectivity index (χ2n) is 3.22. The maximum Gasteiger partial charge on any atom is 0.257 e. The highest BCUT2D eigenvalue weighted by molar-refractivity contribution is 7.90. The van der Waals surface area contributed by atoms with Crippen molar-refractivity contribution in [2.24, 2.45) is 12.2 Å². The van der Waals surface area contributed by atoms with E-state index in [1.807, 2.05) is 0 Å². The van der Waals surface area contributed by atoms with Crippen molar-refractivity contribution in [1.82, 2.24) is 9.55 Å². The Morgan fingerprint density at radius 1 is 1.40 bits per heavy atom. The Hall–Kier alpha value is -0.930. The molecule has 15 heavy (non-hydrogen) atoms. The Bertz CT molecular complexity index is 570. The summed E-state index contributed by atoms with van der Waals surface area (Å²) >= 11 is 0. The molecule has 86 valence electrons. The van der Waals surface area contributed by atoms with Crippen LogP contribution >= 0.6 is 0 Å². The van der Waals surface area contributed by atoms with E-state index in [1.54, 1.807) is 0 Å². The minimum absolute atomic E-state index is 0.140. The number of primary sulfonamides is 1. The van der Waals surface area contributed by atoms with Gasteiger partial charge in [-0.3, -0.25) is 0 Å². The zero-order valence-corrected chi connectivity index (χ0v) is 9.84. The van der Waals surface area contributed by atoms with Crippen LogP contribution in [0.1, 0.15) is 5.82 Å². The number of hydrogen-bond acceptors (Lipinski definition) is 5. The van der Waals surface area contributed by atoms with Crippen LogP contribution in [0.2, 0.25) is 0 Å². The van der Waals surface area contributed by atoms with Crippen LogP contribution in [0, 0.1) is 0 Å². The number of nitrogens with two attached hydrogens (primary N) is 1. The molecule has 7 nitrogen and oxygen atoms in total. The molecule has 0 aromatic carbocycles. The molecule has 0 spiro atoms. The normalized spacial score (nSPS) is 13.0. The molecule has 0 atom stereocenters. The average molecular weight is 253 g/mol. The zero-order chi connectivity index (χ0) is 11.9. The summed E-state index contributed by atoms with van der Waals surface area (Å²) in [5.41, 5.74) is 0. The number of rotatable bonds is 3. The van der Waals surface area contributed by atoms with Crippen molar-refractivity contribution in [1.29, 1.82) is 0 Å². The van der Waals surface area contributed by atoms with Crippen molar-refractivity contribution in [3.8, 4) is 0 Å². The molecule has 0 aliphatic carbocycles. The summed E-state index contributed by atoms with van der Waals surface area (Å²) < 4.78 is 45.1. The fraction of sp³-hybridized carbons (Fsp3) is 0.500. The number of hydrogen-bond donors (Lipinski definition) is 1. The van der Waals surface area contributed by atoms with Crippen LogP contribution in [0.25, 0.3) is 0 Å². The van der Waals surface area contributed by atoms with Gasteiger partial charge in [-0.2, -0.15) is 0 Å². The van der Waals surface area contributed by atoms with Crippen LogP contribution in [0.4, 0.5) is 0 Å². The van der Waals surface area contributed by atoms with E-state index >= 15 is 0 Å². The fourth-order valence-corrected chi connectivity index (χ4v) is 2.26. The van der Waals surface area contributed by atoms with Crippen LogP contribution in [0.3, 0.4) is 0 Å². The fourth-order valence-electron chi connectivity index (χ4n) is 0.981. The Kier molecular flexibility index (Phi) is 2.90. The molecule has 1 aromatic rings. The monoisotopic (exact) mass is 253 g/mol. The highest BCUT2D eigenvalue weighted by Gasteiger charge is 2.17. The number of nitrogens with zero attached hydrogens (tertiary/aromatic N) is 2. The molecule has 2 N–H and O–H groups in total. The van der Waals surface area contributed by atoms with E-state index in [9.17, 15) is 16.8 Å². The minimum atomic E-state index is -3.89. The van der Waals surface area contributed by atoms with Gasteiger partial charge in [-0.1, -0.05) is 0 Å². The van der Waals surface area contributed by atoms with E-state index < -0.39 is 19.9 Å². The van der Waals surface area contributed by atoms with Gasteiger partial charge in [0.1, 0.15) is 11.6 Å². The standard InChI is InChI=1S/C6H11N3O4S2/c1-9-3-6(15(7,12)13)8-5(9)4-14(2,10)11/h3H,4H2,1-2H3,(H2,7,12,13). The highest BCUT2D eigenvalue weighted by atomic mass is 32.2. The number of aromatic nitrogens is 2. The molecule has 0 amide bonds. The van der Waals surface area contributed by atoms with Gasteiger partial charge in [0, 0.05) is 19.5 Å². The van der Waals surface area contributed by atoms with E-state index in [1.165, 1.54) is 17.8 Å². The third-order valence-corrected chi connectivity index (χ3v) is 3.20. The second-order valence-corrected chi connectivity index (χ2v) is 6.87. The smallest absolute Gasteiger partial charge is 0.257 e. The van der Waals surface area contributed by atoms with E-state index in [0.29, 0.717) is 0 Å². The molecule has 1 aromatic heterocycles. The molecule has 0 aliphatic rings. The molecule has 9 heteroatoms. The van der Waals surface area contributed by atoms with Crippen molar-refractivity contribution >= 4 is 19.9 Å². The predicted octanol–water partition coefficient (Wildman–Crippen LogP) is -1.39. The molecule has 0 saturated heterocycles. The first kappa shape index (κ1) is 12.1. The third-order valence-electron chi connectivity index (χ3n) is 1.63. The molecule has 0 radical (unpaired) electrons. The number of imidazole rings is 1. The predicted molar refractivity (Wildman–Crippen MR) is 53.1 cm³/mol. The van der Waals surface area contributed by atoms with Crippen LogP contribution in [0.5, 0.6) is 0 Å². The molecule has 0 saturated carbocycles. The van der Waals surface area contributed by atoms with E-state index in [0.717, 1.165) is 6.26 Å². The van der Waals surface area contributed by atoms with Crippen molar-refractivity contribution in [3.05, 3.63) is 12.0 Å². The topological polar surface area (TPSA) is 112 Å². The highest BCUT2D eigenvalue weighted by Crippen LogP contribution is 2.08. The van der Waals surface area contributed by atoms with Gasteiger partial charge >= 0.3 is 0 Å². The van der Waals surface area contributed by atoms with Crippen LogP contribution < -0.4 is 5.14 Å². The Labute approximate surface area is 87.9 Å². The SMILES string of the molecule is Cn1cc(S(N)(=O)=O)nc1CS(C)(=O)=O. The molecular formula is C6H11N3O4S2. The summed E-state index contributed by atoms with van der Waals surface area (Å²) in [7, 11) is -5.64. The van der Waals surface area contributed by atoms with E-state index in [-0.39, 0.29) is 16.6 Å². The molecule has 1 heterocycles. The second kappa shape index (κ2) is 3.58. The summed E-state index contributed by atoms with van der Waals surface area (Å²) in [5, 5.41) is 4.52. The van der Waals surface area contributed by atoms with Gasteiger partial charge in [-0.05, 0) is 0 Å². The summed E-state index contributed by atoms with van der Waals surface area (Å²) in [5.74, 6) is -0.180. The zero-order valence-electron chi connectivity index (χ0n) is 8.21. The first-order valence-electron chi connectivity index (χ1n) is 3.82. The van der Waals surface area contributed by atoms with Gasteiger partial charge in [-0.25, -0.2) is 27.0 Å². The summed E-state index contributed by atoms with van der Waals surface area (Å²) in [6, 6.07) is 0. The molecule has 0 fully saturated rings. The van der Waals surface area contributed by atoms with Gasteiger partial charge in [0.15, 0.2) is 14.9 Å². The van der Waals surface area contributed by atoms with Crippen LogP contribution in [-0.4, -0.2) is 32.6 Å². The van der Waals surface area contributed by atoms with Gasteiger partial charge in [-0.15, -0.1) is 0 Å². The lowest BCUT2D eigenvalue weighted by molar-refractivity contribution is 0.592. The molecular weight excluding hydrogens is 242 g/mol. The summed E-state index contributed by atoms with van der Waals surface area (Å²) in [6.45, 7) is 0. The van der Waals surface area contributed by atoms with Crippen molar-refractivity contribution in [2.75, 3.05) is 6.26 Å². The summed E-state index contributed by atoms with van der Waals surface area (Å²) in [4.78, 5) is 3.64. The minimum Gasteiger partial charge on any atom is -0.336 e. The van der Waals surface area contributed by atoms with Gasteiger partial charge in [0.2, 0.25) is 0 Å². The molecule has 0 aliphatic heterocycles. The van der Waals surface area contributed by atoms with Crippen molar-refractivity contribution in [3.63, 3.8) is 0 Å². The van der Waals surface area contributed by atoms with Gasteiger partial charge < -0.3 is 4.57 Å². The number of aryl methyl sites for hydroxylation is 1. The van der Waals surface area contributed by atoms with E-state index in [2.05, 4.69) is 4.98 Å². The number of sulfonamides is 1. The molecule has 1 rings (SSSR count). The lowest BCUT2D eigenvalue weighted by atomic mass is 10.7. The van der Waals surface area contributed by atoms with Crippen molar-refractivity contribution in [2.45, 2.75) is 10.8 Å². The lowest BCUT2D eigenvalue weighted by Gasteiger charge is -1.97. The maximum absolute atomic E-state index is 11.0. The Morgan fingerprint density at radius 3 is 2.27 bits per heavy atom. The molecule has 0 unspecified atom stereocenters.